The van der Waals surface area contributed by atoms with Gasteiger partial charge in [-0.05, 0) is 6.07 Å². The molecule has 0 fully saturated rings. The zero-order chi connectivity index (χ0) is 10.1. The normalized spacial score (nSPS) is 18.4. The molecular weight excluding hydrogens is 184 g/mol. The predicted molar refractivity (Wildman–Crippen MR) is 50.1 cm³/mol. The van der Waals surface area contributed by atoms with Gasteiger partial charge in [-0.25, -0.2) is 0 Å². The highest BCUT2D eigenvalue weighted by Crippen LogP contribution is 2.33. The molecule has 1 aliphatic heterocycles. The van der Waals surface area contributed by atoms with Gasteiger partial charge in [-0.3, -0.25) is 14.9 Å². The van der Waals surface area contributed by atoms with Crippen molar-refractivity contribution >= 4 is 12.0 Å². The molecule has 2 rings (SSSR count). The Labute approximate surface area is 79.9 Å². The highest BCUT2D eigenvalue weighted by atomic mass is 16.6. The summed E-state index contributed by atoms with van der Waals surface area (Å²) < 4.78 is 0. The lowest BCUT2D eigenvalue weighted by atomic mass is 10.0. The fourth-order valence-electron chi connectivity index (χ4n) is 1.70. The molecular formula is C9H8N2O3. The summed E-state index contributed by atoms with van der Waals surface area (Å²) in [6.07, 6.45) is 0.655. The number of carbonyl (C=O) groups is 1. The number of rotatable bonds is 2. The lowest BCUT2D eigenvalue weighted by Crippen LogP contribution is -2.13. The minimum atomic E-state index is -0.800. The van der Waals surface area contributed by atoms with E-state index in [1.54, 1.807) is 18.2 Å². The van der Waals surface area contributed by atoms with Crippen LogP contribution in [0.5, 0.6) is 0 Å². The van der Waals surface area contributed by atoms with E-state index < -0.39 is 6.04 Å². The number of hydrogen-bond acceptors (Lipinski definition) is 4. The summed E-state index contributed by atoms with van der Waals surface area (Å²) in [6, 6.07) is 4.24. The van der Waals surface area contributed by atoms with Crippen molar-refractivity contribution in [1.82, 2.24) is 0 Å². The minimum absolute atomic E-state index is 0.257. The van der Waals surface area contributed by atoms with Gasteiger partial charge >= 0.3 is 0 Å². The maximum Gasteiger partial charge on any atom is 0.257 e. The second-order valence-electron chi connectivity index (χ2n) is 3.11. The lowest BCUT2D eigenvalue weighted by Gasteiger charge is -2.03. The number of anilines is 1. The largest absolute Gasteiger partial charge is 0.377 e. The van der Waals surface area contributed by atoms with E-state index in [-0.39, 0.29) is 11.5 Å². The first-order chi connectivity index (χ1) is 6.74. The van der Waals surface area contributed by atoms with Crippen molar-refractivity contribution in [2.24, 2.45) is 0 Å². The van der Waals surface area contributed by atoms with E-state index in [0.717, 1.165) is 0 Å². The van der Waals surface area contributed by atoms with Gasteiger partial charge in [-0.2, -0.15) is 0 Å². The van der Waals surface area contributed by atoms with Crippen molar-refractivity contribution in [3.8, 4) is 0 Å². The van der Waals surface area contributed by atoms with Crippen LogP contribution in [0.4, 0.5) is 5.69 Å². The lowest BCUT2D eigenvalue weighted by molar-refractivity contribution is -0.523. The maximum absolute atomic E-state index is 10.7. The number of benzene rings is 1. The molecule has 0 aromatic heterocycles. The van der Waals surface area contributed by atoms with Crippen LogP contribution < -0.4 is 5.32 Å². The average molecular weight is 192 g/mol. The maximum atomic E-state index is 10.7. The van der Waals surface area contributed by atoms with Gasteiger partial charge in [0.2, 0.25) is 0 Å². The molecule has 0 amide bonds. The van der Waals surface area contributed by atoms with Crippen LogP contribution >= 0.6 is 0 Å². The van der Waals surface area contributed by atoms with Crippen molar-refractivity contribution in [2.45, 2.75) is 6.04 Å². The molecule has 1 N–H and O–H groups in total. The molecule has 1 aromatic carbocycles. The van der Waals surface area contributed by atoms with Gasteiger partial charge < -0.3 is 5.32 Å². The van der Waals surface area contributed by atoms with Gasteiger partial charge in [0.05, 0.1) is 12.1 Å². The van der Waals surface area contributed by atoms with Gasteiger partial charge in [0.15, 0.2) is 6.29 Å². The summed E-state index contributed by atoms with van der Waals surface area (Å²) in [6.45, 7) is 0.257. The molecule has 1 aromatic rings. The van der Waals surface area contributed by atoms with Crippen molar-refractivity contribution in [2.75, 3.05) is 11.9 Å². The third kappa shape index (κ3) is 1.14. The number of nitrogens with zero attached hydrogens (tertiary/aromatic N) is 1. The second-order valence-corrected chi connectivity index (χ2v) is 3.11. The Kier molecular flexibility index (Phi) is 1.92. The van der Waals surface area contributed by atoms with Crippen LogP contribution in [0, 0.1) is 10.1 Å². The average Bonchev–Trinajstić information content (AvgIpc) is 2.60. The molecule has 0 radical (unpaired) electrons. The fraction of sp³-hybridized carbons (Fsp3) is 0.222. The Morgan fingerprint density at radius 1 is 1.57 bits per heavy atom. The molecule has 0 bridgehead atoms. The predicted octanol–water partition coefficient (Wildman–Crippen LogP) is 1.24. The van der Waals surface area contributed by atoms with Gasteiger partial charge in [0, 0.05) is 16.2 Å². The number of fused-ring (bicyclic) bond motifs is 1. The standard InChI is InChI=1S/C9H8N2O3/c12-5-6-2-1-3-7-9(6)8(4-10-7)11(13)14/h1-3,5,8,10H,4H2. The zero-order valence-corrected chi connectivity index (χ0v) is 7.27. The third-order valence-electron chi connectivity index (χ3n) is 2.34. The summed E-state index contributed by atoms with van der Waals surface area (Å²) in [5.74, 6) is 0. The zero-order valence-electron chi connectivity index (χ0n) is 7.27. The Morgan fingerprint density at radius 2 is 2.36 bits per heavy atom. The number of hydrogen-bond donors (Lipinski definition) is 1. The summed E-state index contributed by atoms with van der Waals surface area (Å²) in [5, 5.41) is 13.6. The van der Waals surface area contributed by atoms with E-state index in [1.807, 2.05) is 0 Å². The van der Waals surface area contributed by atoms with E-state index in [4.69, 9.17) is 0 Å². The van der Waals surface area contributed by atoms with Gasteiger partial charge in [-0.15, -0.1) is 0 Å². The highest BCUT2D eigenvalue weighted by Gasteiger charge is 2.33. The Balaban J connectivity index is 2.56. The first kappa shape index (κ1) is 8.68. The van der Waals surface area contributed by atoms with Gasteiger partial charge in [0.1, 0.15) is 0 Å². The smallest absolute Gasteiger partial charge is 0.257 e. The number of carbonyl (C=O) groups excluding carboxylic acids is 1. The molecule has 1 unspecified atom stereocenters. The first-order valence-corrected chi connectivity index (χ1v) is 4.19. The fourth-order valence-corrected chi connectivity index (χ4v) is 1.70. The Morgan fingerprint density at radius 3 is 3.00 bits per heavy atom. The van der Waals surface area contributed by atoms with E-state index in [0.29, 0.717) is 23.1 Å². The topological polar surface area (TPSA) is 72.2 Å². The van der Waals surface area contributed by atoms with Crippen LogP contribution in [0.2, 0.25) is 0 Å². The van der Waals surface area contributed by atoms with Crippen molar-refractivity contribution in [3.63, 3.8) is 0 Å². The SMILES string of the molecule is O=Cc1cccc2c1C([N+](=O)[O-])CN2. The molecule has 1 aliphatic rings. The number of aldehydes is 1. The Hall–Kier alpha value is -1.91. The van der Waals surface area contributed by atoms with Crippen LogP contribution in [-0.4, -0.2) is 17.8 Å². The molecule has 5 nitrogen and oxygen atoms in total. The summed E-state index contributed by atoms with van der Waals surface area (Å²) in [5.41, 5.74) is 1.60. The molecule has 0 saturated heterocycles. The quantitative estimate of drug-likeness (QED) is 0.434. The van der Waals surface area contributed by atoms with E-state index >= 15 is 0 Å². The molecule has 5 heteroatoms. The third-order valence-corrected chi connectivity index (χ3v) is 2.34. The monoisotopic (exact) mass is 192 g/mol. The highest BCUT2D eigenvalue weighted by molar-refractivity contribution is 5.82. The number of nitrogens with one attached hydrogen (secondary N) is 1. The second kappa shape index (κ2) is 3.10. The molecule has 0 saturated carbocycles. The van der Waals surface area contributed by atoms with Gasteiger partial charge in [0.25, 0.3) is 6.04 Å². The van der Waals surface area contributed by atoms with Crippen LogP contribution in [0.25, 0.3) is 0 Å². The first-order valence-electron chi connectivity index (χ1n) is 4.19. The van der Waals surface area contributed by atoms with Crippen molar-refractivity contribution in [1.29, 1.82) is 0 Å². The van der Waals surface area contributed by atoms with Crippen molar-refractivity contribution < 1.29 is 9.72 Å². The van der Waals surface area contributed by atoms with Crippen LogP contribution in [-0.2, 0) is 0 Å². The number of nitro groups is 1. The molecule has 0 spiro atoms. The summed E-state index contributed by atoms with van der Waals surface area (Å²) in [4.78, 5) is 21.0. The molecule has 1 heterocycles. The van der Waals surface area contributed by atoms with Crippen LogP contribution in [0.15, 0.2) is 18.2 Å². The van der Waals surface area contributed by atoms with E-state index in [9.17, 15) is 14.9 Å². The van der Waals surface area contributed by atoms with E-state index in [2.05, 4.69) is 5.32 Å². The summed E-state index contributed by atoms with van der Waals surface area (Å²) >= 11 is 0. The summed E-state index contributed by atoms with van der Waals surface area (Å²) in [7, 11) is 0. The molecule has 0 aliphatic carbocycles. The van der Waals surface area contributed by atoms with Crippen LogP contribution in [0.3, 0.4) is 0 Å². The van der Waals surface area contributed by atoms with Crippen LogP contribution in [0.1, 0.15) is 22.0 Å². The van der Waals surface area contributed by atoms with E-state index in [1.165, 1.54) is 0 Å². The van der Waals surface area contributed by atoms with Gasteiger partial charge in [-0.1, -0.05) is 12.1 Å². The Bertz CT molecular complexity index is 403. The van der Waals surface area contributed by atoms with Crippen molar-refractivity contribution in [3.05, 3.63) is 39.4 Å². The molecule has 1 atom stereocenters. The molecule has 72 valence electrons. The minimum Gasteiger partial charge on any atom is -0.377 e. The molecule has 14 heavy (non-hydrogen) atoms.